The molecule has 31 heavy (non-hydrogen) atoms. The number of nitriles is 1. The van der Waals surface area contributed by atoms with Crippen LogP contribution < -0.4 is 10.5 Å². The molecule has 2 N–H and O–H groups in total. The first-order valence-corrected chi connectivity index (χ1v) is 10.6. The predicted molar refractivity (Wildman–Crippen MR) is 127 cm³/mol. The number of nitrogens with two attached hydrogens (primary N) is 1. The summed E-state index contributed by atoms with van der Waals surface area (Å²) in [5, 5.41) is 9.85. The normalized spacial score (nSPS) is 10.5. The molecule has 0 aliphatic carbocycles. The van der Waals surface area contributed by atoms with Gasteiger partial charge in [0.05, 0.1) is 4.47 Å². The SMILES string of the molecule is Cc1nc(N)c(C#N)c(-c2ccc(OCc3ccccc3)c(Br)c2)c1-c1ccccc1. The number of hydrogen-bond acceptors (Lipinski definition) is 4. The Kier molecular flexibility index (Phi) is 6.01. The molecule has 0 saturated carbocycles. The highest BCUT2D eigenvalue weighted by atomic mass is 79.9. The van der Waals surface area contributed by atoms with E-state index in [1.165, 1.54) is 0 Å². The van der Waals surface area contributed by atoms with Crippen LogP contribution in [0, 0.1) is 18.3 Å². The van der Waals surface area contributed by atoms with E-state index < -0.39 is 0 Å². The van der Waals surface area contributed by atoms with E-state index in [4.69, 9.17) is 10.5 Å². The molecule has 1 aromatic heterocycles. The summed E-state index contributed by atoms with van der Waals surface area (Å²) in [7, 11) is 0. The number of benzene rings is 3. The van der Waals surface area contributed by atoms with Crippen LogP contribution in [0.5, 0.6) is 5.75 Å². The van der Waals surface area contributed by atoms with Crippen molar-refractivity contribution in [3.05, 3.63) is 100 Å². The van der Waals surface area contributed by atoms with Crippen molar-refractivity contribution in [1.82, 2.24) is 4.98 Å². The first-order chi connectivity index (χ1) is 15.1. The van der Waals surface area contributed by atoms with Gasteiger partial charge in [0.1, 0.15) is 29.8 Å². The quantitative estimate of drug-likeness (QED) is 0.361. The molecule has 0 saturated heterocycles. The zero-order chi connectivity index (χ0) is 21.8. The van der Waals surface area contributed by atoms with E-state index in [1.54, 1.807) is 0 Å². The van der Waals surface area contributed by atoms with E-state index in [0.717, 1.165) is 43.7 Å². The molecule has 0 amide bonds. The molecule has 0 spiro atoms. The fourth-order valence-corrected chi connectivity index (χ4v) is 4.09. The maximum atomic E-state index is 9.85. The van der Waals surface area contributed by atoms with E-state index >= 15 is 0 Å². The standard InChI is InChI=1S/C26H20BrN3O/c1-17-24(19-10-6-3-7-11-19)25(21(15-28)26(29)30-17)20-12-13-23(22(27)14-20)31-16-18-8-4-2-5-9-18/h2-14H,16H2,1H3,(H2,29,30). The summed E-state index contributed by atoms with van der Waals surface area (Å²) in [6.45, 7) is 2.38. The minimum atomic E-state index is 0.232. The highest BCUT2D eigenvalue weighted by Gasteiger charge is 2.20. The molecule has 0 bridgehead atoms. The molecule has 4 aromatic rings. The average Bonchev–Trinajstić information content (AvgIpc) is 2.79. The zero-order valence-electron chi connectivity index (χ0n) is 17.0. The summed E-state index contributed by atoms with van der Waals surface area (Å²) in [6.07, 6.45) is 0. The number of anilines is 1. The second kappa shape index (κ2) is 9.03. The average molecular weight is 470 g/mol. The lowest BCUT2D eigenvalue weighted by Crippen LogP contribution is -2.03. The van der Waals surface area contributed by atoms with Gasteiger partial charge in [-0.2, -0.15) is 5.26 Å². The van der Waals surface area contributed by atoms with Crippen LogP contribution in [0.15, 0.2) is 83.3 Å². The summed E-state index contributed by atoms with van der Waals surface area (Å²) in [5.41, 5.74) is 11.9. The summed E-state index contributed by atoms with van der Waals surface area (Å²) in [5.74, 6) is 0.960. The van der Waals surface area contributed by atoms with Crippen molar-refractivity contribution in [2.24, 2.45) is 0 Å². The highest BCUT2D eigenvalue weighted by molar-refractivity contribution is 9.10. The third-order valence-electron chi connectivity index (χ3n) is 5.04. The van der Waals surface area contributed by atoms with Gasteiger partial charge in [-0.25, -0.2) is 4.98 Å². The van der Waals surface area contributed by atoms with E-state index in [1.807, 2.05) is 85.8 Å². The largest absolute Gasteiger partial charge is 0.488 e. The minimum Gasteiger partial charge on any atom is -0.488 e. The Labute approximate surface area is 190 Å². The summed E-state index contributed by atoms with van der Waals surface area (Å²) in [4.78, 5) is 4.43. The Bertz CT molecular complexity index is 1270. The van der Waals surface area contributed by atoms with Gasteiger partial charge in [-0.05, 0) is 51.7 Å². The van der Waals surface area contributed by atoms with Crippen molar-refractivity contribution < 1.29 is 4.74 Å². The Hall–Kier alpha value is -3.62. The van der Waals surface area contributed by atoms with Crippen molar-refractivity contribution in [2.45, 2.75) is 13.5 Å². The Morgan fingerprint density at radius 1 is 0.935 bits per heavy atom. The lowest BCUT2D eigenvalue weighted by Gasteiger charge is -2.17. The number of aromatic nitrogens is 1. The molecular formula is C26H20BrN3O. The van der Waals surface area contributed by atoms with Gasteiger partial charge in [0.15, 0.2) is 0 Å². The van der Waals surface area contributed by atoms with E-state index in [2.05, 4.69) is 27.0 Å². The summed E-state index contributed by atoms with van der Waals surface area (Å²) < 4.78 is 6.79. The van der Waals surface area contributed by atoms with Gasteiger partial charge in [-0.15, -0.1) is 0 Å². The molecule has 0 fully saturated rings. The maximum absolute atomic E-state index is 9.85. The van der Waals surface area contributed by atoms with Crippen molar-refractivity contribution in [1.29, 1.82) is 5.26 Å². The fraction of sp³-hybridized carbons (Fsp3) is 0.0769. The van der Waals surface area contributed by atoms with Gasteiger partial charge < -0.3 is 10.5 Å². The van der Waals surface area contributed by atoms with Crippen LogP contribution in [0.1, 0.15) is 16.8 Å². The number of rotatable bonds is 5. The van der Waals surface area contributed by atoms with Crippen molar-refractivity contribution in [3.8, 4) is 34.1 Å². The molecule has 0 unspecified atom stereocenters. The second-order valence-corrected chi connectivity index (χ2v) is 7.96. The number of aryl methyl sites for hydroxylation is 1. The van der Waals surface area contributed by atoms with Gasteiger partial charge in [0.25, 0.3) is 0 Å². The lowest BCUT2D eigenvalue weighted by molar-refractivity contribution is 0.304. The molecule has 152 valence electrons. The van der Waals surface area contributed by atoms with Crippen LogP contribution in [0.3, 0.4) is 0 Å². The number of pyridine rings is 1. The van der Waals surface area contributed by atoms with Crippen LogP contribution in [-0.2, 0) is 6.61 Å². The summed E-state index contributed by atoms with van der Waals surface area (Å²) in [6, 6.07) is 28.0. The Morgan fingerprint density at radius 2 is 1.61 bits per heavy atom. The van der Waals surface area contributed by atoms with Crippen molar-refractivity contribution >= 4 is 21.7 Å². The molecule has 4 nitrogen and oxygen atoms in total. The molecule has 0 radical (unpaired) electrons. The first-order valence-electron chi connectivity index (χ1n) is 9.80. The van der Waals surface area contributed by atoms with Crippen molar-refractivity contribution in [2.75, 3.05) is 5.73 Å². The van der Waals surface area contributed by atoms with Crippen LogP contribution in [-0.4, -0.2) is 4.98 Å². The van der Waals surface area contributed by atoms with E-state index in [9.17, 15) is 5.26 Å². The fourth-order valence-electron chi connectivity index (χ4n) is 3.60. The van der Waals surface area contributed by atoms with Crippen LogP contribution in [0.2, 0.25) is 0 Å². The number of halogens is 1. The number of nitrogen functional groups attached to an aromatic ring is 1. The number of nitrogens with zero attached hydrogens (tertiary/aromatic N) is 2. The van der Waals surface area contributed by atoms with Gasteiger partial charge in [-0.1, -0.05) is 66.7 Å². The summed E-state index contributed by atoms with van der Waals surface area (Å²) >= 11 is 3.63. The third kappa shape index (κ3) is 4.30. The van der Waals surface area contributed by atoms with E-state index in [-0.39, 0.29) is 5.82 Å². The predicted octanol–water partition coefficient (Wildman–Crippen LogP) is 6.52. The highest BCUT2D eigenvalue weighted by Crippen LogP contribution is 2.41. The maximum Gasteiger partial charge on any atom is 0.142 e. The second-order valence-electron chi connectivity index (χ2n) is 7.10. The number of ether oxygens (including phenoxy) is 1. The minimum absolute atomic E-state index is 0.232. The van der Waals surface area contributed by atoms with Gasteiger partial charge in [0.2, 0.25) is 0 Å². The van der Waals surface area contributed by atoms with Crippen LogP contribution >= 0.6 is 15.9 Å². The zero-order valence-corrected chi connectivity index (χ0v) is 18.6. The molecule has 5 heteroatoms. The van der Waals surface area contributed by atoms with Crippen molar-refractivity contribution in [3.63, 3.8) is 0 Å². The molecular weight excluding hydrogens is 450 g/mol. The molecule has 0 aliphatic heterocycles. The molecule has 3 aromatic carbocycles. The topological polar surface area (TPSA) is 71.9 Å². The first kappa shape index (κ1) is 20.6. The third-order valence-corrected chi connectivity index (χ3v) is 5.66. The van der Waals surface area contributed by atoms with Crippen LogP contribution in [0.25, 0.3) is 22.3 Å². The smallest absolute Gasteiger partial charge is 0.142 e. The lowest BCUT2D eigenvalue weighted by atomic mass is 9.90. The monoisotopic (exact) mass is 469 g/mol. The van der Waals surface area contributed by atoms with Crippen LogP contribution in [0.4, 0.5) is 5.82 Å². The molecule has 1 heterocycles. The Morgan fingerprint density at radius 3 is 2.26 bits per heavy atom. The molecule has 0 atom stereocenters. The van der Waals surface area contributed by atoms with Gasteiger partial charge in [-0.3, -0.25) is 0 Å². The molecule has 0 aliphatic rings. The van der Waals surface area contributed by atoms with Gasteiger partial charge >= 0.3 is 0 Å². The molecule has 4 rings (SSSR count). The van der Waals surface area contributed by atoms with Gasteiger partial charge in [0, 0.05) is 16.8 Å². The Balaban J connectivity index is 1.79. The number of hydrogen-bond donors (Lipinski definition) is 1. The van der Waals surface area contributed by atoms with E-state index in [0.29, 0.717) is 12.2 Å².